The van der Waals surface area contributed by atoms with Crippen LogP contribution in [0, 0.1) is 11.3 Å². The summed E-state index contributed by atoms with van der Waals surface area (Å²) in [6, 6.07) is 0. The van der Waals surface area contributed by atoms with Gasteiger partial charge in [-0.3, -0.25) is 0 Å². The van der Waals surface area contributed by atoms with Gasteiger partial charge in [-0.2, -0.15) is 0 Å². The Labute approximate surface area is 125 Å². The summed E-state index contributed by atoms with van der Waals surface area (Å²) >= 11 is 2.55. The van der Waals surface area contributed by atoms with E-state index in [2.05, 4.69) is 22.6 Å². The zero-order valence-corrected chi connectivity index (χ0v) is 14.0. The maximum atomic E-state index is 5.91. The van der Waals surface area contributed by atoms with Gasteiger partial charge in [0, 0.05) is 17.3 Å². The van der Waals surface area contributed by atoms with Gasteiger partial charge in [-0.05, 0) is 43.4 Å². The van der Waals surface area contributed by atoms with Crippen molar-refractivity contribution in [3.8, 4) is 0 Å². The normalized spacial score (nSPS) is 37.8. The third-order valence-electron chi connectivity index (χ3n) is 4.75. The molecule has 1 saturated heterocycles. The Hall–Kier alpha value is 0.650. The van der Waals surface area contributed by atoms with Crippen molar-refractivity contribution in [2.24, 2.45) is 11.3 Å². The monoisotopic (exact) mass is 366 g/mol. The molecule has 2 aliphatic carbocycles. The Morgan fingerprint density at radius 3 is 2.44 bits per heavy atom. The number of halogens is 1. The van der Waals surface area contributed by atoms with Crippen molar-refractivity contribution in [2.45, 2.75) is 64.6 Å². The number of rotatable bonds is 1. The van der Waals surface area contributed by atoms with Crippen molar-refractivity contribution in [1.82, 2.24) is 0 Å². The largest absolute Gasteiger partial charge is 0.348 e. The second-order valence-electron chi connectivity index (χ2n) is 5.90. The first-order chi connectivity index (χ1) is 8.76. The van der Waals surface area contributed by atoms with E-state index in [-0.39, 0.29) is 5.79 Å². The van der Waals surface area contributed by atoms with Gasteiger partial charge in [0.25, 0.3) is 0 Å². The Balaban J connectivity index is 0.000000574. The van der Waals surface area contributed by atoms with Crippen molar-refractivity contribution < 1.29 is 9.47 Å². The zero-order valence-electron chi connectivity index (χ0n) is 11.8. The molecule has 0 aromatic rings. The smallest absolute Gasteiger partial charge is 0.169 e. The Morgan fingerprint density at radius 2 is 1.83 bits per heavy atom. The standard InChI is InChI=1S/C13H21IO2.C2H6/c14-9-11-2-5-12(8-11)3-1-4-13(10-12)15-6-7-16-13;1-2/h11H,1-10H2;1-2H3/t11-,12+;/m0./s1. The van der Waals surface area contributed by atoms with E-state index in [0.717, 1.165) is 25.6 Å². The van der Waals surface area contributed by atoms with Crippen LogP contribution < -0.4 is 0 Å². The van der Waals surface area contributed by atoms with Crippen molar-refractivity contribution in [1.29, 1.82) is 0 Å². The van der Waals surface area contributed by atoms with Crippen LogP contribution in [0.2, 0.25) is 0 Å². The summed E-state index contributed by atoms with van der Waals surface area (Å²) in [6.45, 7) is 5.62. The topological polar surface area (TPSA) is 18.5 Å². The predicted octanol–water partition coefficient (Wildman–Crippen LogP) is 4.55. The van der Waals surface area contributed by atoms with Gasteiger partial charge in [0.15, 0.2) is 5.79 Å². The average Bonchev–Trinajstić information content (AvgIpc) is 3.00. The molecule has 2 spiro atoms. The van der Waals surface area contributed by atoms with Crippen LogP contribution in [0.25, 0.3) is 0 Å². The molecular weight excluding hydrogens is 339 g/mol. The van der Waals surface area contributed by atoms with Crippen molar-refractivity contribution >= 4 is 22.6 Å². The van der Waals surface area contributed by atoms with Gasteiger partial charge in [0.1, 0.15) is 0 Å². The zero-order chi connectivity index (χ0) is 13.1. The van der Waals surface area contributed by atoms with Crippen molar-refractivity contribution in [2.75, 3.05) is 17.6 Å². The predicted molar refractivity (Wildman–Crippen MR) is 83.1 cm³/mol. The third kappa shape index (κ3) is 3.04. The fourth-order valence-corrected chi connectivity index (χ4v) is 4.82. The summed E-state index contributed by atoms with van der Waals surface area (Å²) in [4.78, 5) is 0. The first kappa shape index (κ1) is 15.0. The third-order valence-corrected chi connectivity index (χ3v) is 5.99. The molecule has 3 aliphatic rings. The molecule has 3 rings (SSSR count). The van der Waals surface area contributed by atoms with E-state index in [9.17, 15) is 0 Å². The van der Waals surface area contributed by atoms with Gasteiger partial charge >= 0.3 is 0 Å². The van der Waals surface area contributed by atoms with Crippen molar-refractivity contribution in [3.63, 3.8) is 0 Å². The highest BCUT2D eigenvalue weighted by atomic mass is 127. The molecule has 0 unspecified atom stereocenters. The summed E-state index contributed by atoms with van der Waals surface area (Å²) in [5.74, 6) is 0.787. The Bertz CT molecular complexity index is 263. The number of alkyl halides is 1. The second kappa shape index (κ2) is 6.40. The summed E-state index contributed by atoms with van der Waals surface area (Å²) < 4.78 is 13.2. The van der Waals surface area contributed by atoms with Crippen LogP contribution in [0.5, 0.6) is 0 Å². The van der Waals surface area contributed by atoms with E-state index < -0.39 is 0 Å². The molecule has 0 amide bonds. The quantitative estimate of drug-likeness (QED) is 0.501. The molecule has 0 N–H and O–H groups in total. The molecule has 2 atom stereocenters. The summed E-state index contributed by atoms with van der Waals surface area (Å²) in [6.07, 6.45) is 9.28. The fourth-order valence-electron chi connectivity index (χ4n) is 4.07. The van der Waals surface area contributed by atoms with E-state index >= 15 is 0 Å². The first-order valence-corrected chi connectivity index (χ1v) is 9.12. The Morgan fingerprint density at radius 1 is 1.11 bits per heavy atom. The molecule has 0 aromatic carbocycles. The minimum absolute atomic E-state index is 0.168. The van der Waals surface area contributed by atoms with Crippen LogP contribution in [-0.4, -0.2) is 23.4 Å². The SMILES string of the molecule is CC.IC[C@H]1CC[C@]2(CCCC3(C2)OCCO3)C1. The highest BCUT2D eigenvalue weighted by molar-refractivity contribution is 14.1. The highest BCUT2D eigenvalue weighted by Gasteiger charge is 2.50. The van der Waals surface area contributed by atoms with Gasteiger partial charge in [-0.15, -0.1) is 0 Å². The highest BCUT2D eigenvalue weighted by Crippen LogP contribution is 2.55. The molecule has 0 radical (unpaired) electrons. The van der Waals surface area contributed by atoms with Gasteiger partial charge < -0.3 is 9.47 Å². The first-order valence-electron chi connectivity index (χ1n) is 7.60. The number of hydrogen-bond acceptors (Lipinski definition) is 2. The van der Waals surface area contributed by atoms with Gasteiger partial charge in [-0.1, -0.05) is 36.4 Å². The van der Waals surface area contributed by atoms with Gasteiger partial charge in [-0.25, -0.2) is 0 Å². The lowest BCUT2D eigenvalue weighted by Gasteiger charge is -2.43. The number of ether oxygens (including phenoxy) is 2. The number of hydrogen-bond donors (Lipinski definition) is 0. The van der Waals surface area contributed by atoms with Crippen LogP contribution in [0.15, 0.2) is 0 Å². The molecule has 1 aliphatic heterocycles. The molecule has 18 heavy (non-hydrogen) atoms. The van der Waals surface area contributed by atoms with E-state index in [1.54, 1.807) is 0 Å². The van der Waals surface area contributed by atoms with Crippen LogP contribution in [0.4, 0.5) is 0 Å². The fraction of sp³-hybridized carbons (Fsp3) is 1.00. The summed E-state index contributed by atoms with van der Waals surface area (Å²) in [5, 5.41) is 0. The van der Waals surface area contributed by atoms with E-state index in [1.165, 1.54) is 43.0 Å². The average molecular weight is 366 g/mol. The maximum absolute atomic E-state index is 5.91. The van der Waals surface area contributed by atoms with E-state index in [4.69, 9.17) is 9.47 Å². The molecule has 0 bridgehead atoms. The minimum Gasteiger partial charge on any atom is -0.348 e. The molecule has 2 saturated carbocycles. The van der Waals surface area contributed by atoms with Crippen LogP contribution in [0.3, 0.4) is 0 Å². The minimum atomic E-state index is -0.168. The molecule has 2 nitrogen and oxygen atoms in total. The molecule has 106 valence electrons. The molecule has 3 heteroatoms. The molecule has 3 fully saturated rings. The van der Waals surface area contributed by atoms with Crippen LogP contribution >= 0.6 is 22.6 Å². The van der Waals surface area contributed by atoms with E-state index in [1.807, 2.05) is 13.8 Å². The van der Waals surface area contributed by atoms with Gasteiger partial charge in [0.05, 0.1) is 13.2 Å². The van der Waals surface area contributed by atoms with Crippen molar-refractivity contribution in [3.05, 3.63) is 0 Å². The lowest BCUT2D eigenvalue weighted by Crippen LogP contribution is -2.41. The molecular formula is C15H27IO2. The molecule has 0 aromatic heterocycles. The van der Waals surface area contributed by atoms with Gasteiger partial charge in [0.2, 0.25) is 0 Å². The Kier molecular flexibility index (Phi) is 5.35. The van der Waals surface area contributed by atoms with E-state index in [0.29, 0.717) is 5.41 Å². The maximum Gasteiger partial charge on any atom is 0.169 e. The molecule has 1 heterocycles. The lowest BCUT2D eigenvalue weighted by atomic mass is 9.70. The van der Waals surface area contributed by atoms with Crippen LogP contribution in [-0.2, 0) is 9.47 Å². The lowest BCUT2D eigenvalue weighted by molar-refractivity contribution is -0.201. The second-order valence-corrected chi connectivity index (χ2v) is 6.78. The summed E-state index contributed by atoms with van der Waals surface area (Å²) in [5.41, 5.74) is 0.568. The summed E-state index contributed by atoms with van der Waals surface area (Å²) in [7, 11) is 0. The van der Waals surface area contributed by atoms with Crippen LogP contribution in [0.1, 0.15) is 58.8 Å².